The van der Waals surface area contributed by atoms with Crippen molar-refractivity contribution in [3.05, 3.63) is 59.8 Å². The maximum absolute atomic E-state index is 12.3. The van der Waals surface area contributed by atoms with Crippen LogP contribution in [0.3, 0.4) is 0 Å². The number of aliphatic hydroxyl groups excluding tert-OH is 1. The maximum Gasteiger partial charge on any atom is 0.313 e. The van der Waals surface area contributed by atoms with Crippen molar-refractivity contribution >= 4 is 5.97 Å². The Morgan fingerprint density at radius 1 is 1.48 bits per heavy atom. The van der Waals surface area contributed by atoms with Crippen LogP contribution in [0.5, 0.6) is 0 Å². The molecule has 0 aromatic carbocycles. The number of hydrogen-bond acceptors (Lipinski definition) is 3. The molecule has 0 aromatic heterocycles. The summed E-state index contributed by atoms with van der Waals surface area (Å²) in [6.07, 6.45) is 11.6. The quantitative estimate of drug-likeness (QED) is 0.488. The third-order valence-corrected chi connectivity index (χ3v) is 4.61. The van der Waals surface area contributed by atoms with Gasteiger partial charge in [-0.2, -0.15) is 0 Å². The number of cyclic esters (lactones) is 1. The van der Waals surface area contributed by atoms with E-state index in [0.29, 0.717) is 12.2 Å². The zero-order valence-electron chi connectivity index (χ0n) is 13.9. The normalized spacial score (nSPS) is 27.7. The summed E-state index contributed by atoms with van der Waals surface area (Å²) in [6, 6.07) is 0. The summed E-state index contributed by atoms with van der Waals surface area (Å²) in [6.45, 7) is 10.3. The highest BCUT2D eigenvalue weighted by Gasteiger charge is 2.38. The number of esters is 1. The number of rotatable bonds is 3. The number of ether oxygens (including phenoxy) is 1. The van der Waals surface area contributed by atoms with Gasteiger partial charge in [0, 0.05) is 5.92 Å². The Bertz CT molecular complexity index is 578. The zero-order chi connectivity index (χ0) is 16.8. The zero-order valence-corrected chi connectivity index (χ0v) is 13.9. The van der Waals surface area contributed by atoms with E-state index in [-0.39, 0.29) is 24.4 Å². The minimum Gasteiger partial charge on any atom is -0.461 e. The lowest BCUT2D eigenvalue weighted by molar-refractivity contribution is -0.151. The van der Waals surface area contributed by atoms with Crippen LogP contribution in [-0.2, 0) is 9.53 Å². The molecule has 2 aliphatic rings. The van der Waals surface area contributed by atoms with Gasteiger partial charge in [0.25, 0.3) is 0 Å². The third kappa shape index (κ3) is 4.55. The molecule has 0 bridgehead atoms. The largest absolute Gasteiger partial charge is 0.461 e. The Morgan fingerprint density at radius 3 is 3.00 bits per heavy atom. The van der Waals surface area contributed by atoms with Gasteiger partial charge in [0.1, 0.15) is 6.61 Å². The summed E-state index contributed by atoms with van der Waals surface area (Å²) in [5.41, 5.74) is 4.12. The second-order valence-electron chi connectivity index (χ2n) is 6.40. The van der Waals surface area contributed by atoms with Crippen molar-refractivity contribution in [1.82, 2.24) is 0 Å². The molecule has 0 radical (unpaired) electrons. The van der Waals surface area contributed by atoms with Crippen molar-refractivity contribution in [2.45, 2.75) is 32.6 Å². The van der Waals surface area contributed by atoms with Crippen LogP contribution in [0, 0.1) is 11.8 Å². The molecule has 0 amide bonds. The van der Waals surface area contributed by atoms with E-state index in [2.05, 4.69) is 26.2 Å². The highest BCUT2D eigenvalue weighted by molar-refractivity contribution is 5.78. The Hall–Kier alpha value is -1.87. The molecule has 23 heavy (non-hydrogen) atoms. The molecule has 0 aromatic rings. The van der Waals surface area contributed by atoms with E-state index in [4.69, 9.17) is 9.84 Å². The molecule has 1 saturated heterocycles. The van der Waals surface area contributed by atoms with Crippen LogP contribution in [0.1, 0.15) is 32.6 Å². The number of fused-ring (bicyclic) bond motifs is 1. The highest BCUT2D eigenvalue weighted by atomic mass is 16.5. The molecule has 124 valence electrons. The first-order valence-electron chi connectivity index (χ1n) is 8.18. The minimum atomic E-state index is -0.233. The lowest BCUT2D eigenvalue weighted by atomic mass is 9.76. The molecule has 1 heterocycles. The summed E-state index contributed by atoms with van der Waals surface area (Å²) in [4.78, 5) is 12.3. The van der Waals surface area contributed by atoms with Gasteiger partial charge in [0.2, 0.25) is 0 Å². The Balaban J connectivity index is 2.26. The standard InChI is InChI=1S/C20H26O3/c1-14-6-4-8-16(3)19-18(11-10-14)17(13-23-20(19)22)9-5-7-15(2)12-21/h5-7,9,18-19,21H,2-4,8,10-13H2,1H3. The van der Waals surface area contributed by atoms with Crippen molar-refractivity contribution in [2.24, 2.45) is 11.8 Å². The van der Waals surface area contributed by atoms with Gasteiger partial charge in [0.15, 0.2) is 0 Å². The second-order valence-corrected chi connectivity index (χ2v) is 6.40. The second kappa shape index (κ2) is 8.11. The molecule has 0 saturated carbocycles. The molecule has 1 N–H and O–H groups in total. The topological polar surface area (TPSA) is 46.5 Å². The van der Waals surface area contributed by atoms with E-state index in [1.54, 1.807) is 6.08 Å². The first kappa shape index (κ1) is 17.5. The molecule has 1 fully saturated rings. The highest BCUT2D eigenvalue weighted by Crippen LogP contribution is 2.38. The van der Waals surface area contributed by atoms with Gasteiger partial charge >= 0.3 is 5.97 Å². The van der Waals surface area contributed by atoms with Gasteiger partial charge in [-0.25, -0.2) is 0 Å². The van der Waals surface area contributed by atoms with Crippen LogP contribution < -0.4 is 0 Å². The van der Waals surface area contributed by atoms with Crippen molar-refractivity contribution in [3.8, 4) is 0 Å². The molecule has 2 unspecified atom stereocenters. The monoisotopic (exact) mass is 314 g/mol. The van der Waals surface area contributed by atoms with Crippen LogP contribution in [0.2, 0.25) is 0 Å². The summed E-state index contributed by atoms with van der Waals surface area (Å²) in [7, 11) is 0. The van der Waals surface area contributed by atoms with Gasteiger partial charge in [-0.05, 0) is 43.8 Å². The Morgan fingerprint density at radius 2 is 2.26 bits per heavy atom. The molecular weight excluding hydrogens is 288 g/mol. The number of allylic oxidation sites excluding steroid dienone is 4. The van der Waals surface area contributed by atoms with Gasteiger partial charge in [-0.1, -0.05) is 48.6 Å². The van der Waals surface area contributed by atoms with E-state index in [1.807, 2.05) is 12.2 Å². The SMILES string of the molecule is C=C(C=CC=C1COC(=O)C2C(=C)CCC=C(C)CCC12)CO. The van der Waals surface area contributed by atoms with Crippen LogP contribution in [-0.4, -0.2) is 24.3 Å². The number of aliphatic hydroxyl groups is 1. The van der Waals surface area contributed by atoms with Crippen LogP contribution >= 0.6 is 0 Å². The molecule has 0 spiro atoms. The molecule has 2 rings (SSSR count). The van der Waals surface area contributed by atoms with E-state index < -0.39 is 0 Å². The molecule has 2 atom stereocenters. The minimum absolute atomic E-state index is 0.0541. The average molecular weight is 314 g/mol. The van der Waals surface area contributed by atoms with Gasteiger partial charge in [-0.3, -0.25) is 4.79 Å². The Labute approximate surface area is 138 Å². The van der Waals surface area contributed by atoms with Crippen LogP contribution in [0.15, 0.2) is 59.8 Å². The van der Waals surface area contributed by atoms with E-state index in [9.17, 15) is 4.79 Å². The fourth-order valence-electron chi connectivity index (χ4n) is 3.21. The fourth-order valence-corrected chi connectivity index (χ4v) is 3.21. The molecule has 1 aliphatic carbocycles. The molecule has 3 heteroatoms. The van der Waals surface area contributed by atoms with Gasteiger partial charge in [0.05, 0.1) is 12.5 Å². The summed E-state index contributed by atoms with van der Waals surface area (Å²) >= 11 is 0. The van der Waals surface area contributed by atoms with Crippen LogP contribution in [0.4, 0.5) is 0 Å². The summed E-state index contributed by atoms with van der Waals surface area (Å²) in [5.74, 6) is -0.221. The smallest absolute Gasteiger partial charge is 0.313 e. The van der Waals surface area contributed by atoms with Gasteiger partial charge in [-0.15, -0.1) is 0 Å². The predicted molar refractivity (Wildman–Crippen MR) is 92.8 cm³/mol. The third-order valence-electron chi connectivity index (χ3n) is 4.61. The van der Waals surface area contributed by atoms with E-state index in [0.717, 1.165) is 36.8 Å². The van der Waals surface area contributed by atoms with Gasteiger partial charge < -0.3 is 9.84 Å². The summed E-state index contributed by atoms with van der Waals surface area (Å²) < 4.78 is 5.39. The van der Waals surface area contributed by atoms with Crippen molar-refractivity contribution < 1.29 is 14.6 Å². The lowest BCUT2D eigenvalue weighted by Gasteiger charge is -2.33. The lowest BCUT2D eigenvalue weighted by Crippen LogP contribution is -2.35. The van der Waals surface area contributed by atoms with E-state index in [1.165, 1.54) is 5.57 Å². The first-order chi connectivity index (χ1) is 11.0. The van der Waals surface area contributed by atoms with E-state index >= 15 is 0 Å². The van der Waals surface area contributed by atoms with Crippen molar-refractivity contribution in [2.75, 3.05) is 13.2 Å². The molecule has 1 aliphatic heterocycles. The predicted octanol–water partition coefficient (Wildman–Crippen LogP) is 3.88. The molecule has 3 nitrogen and oxygen atoms in total. The fraction of sp³-hybridized carbons (Fsp3) is 0.450. The summed E-state index contributed by atoms with van der Waals surface area (Å²) in [5, 5.41) is 9.00. The van der Waals surface area contributed by atoms with Crippen LogP contribution in [0.25, 0.3) is 0 Å². The number of carbonyl (C=O) groups is 1. The first-order valence-corrected chi connectivity index (χ1v) is 8.18. The molecular formula is C20H26O3. The Kier molecular flexibility index (Phi) is 6.17. The van der Waals surface area contributed by atoms with Crippen molar-refractivity contribution in [3.63, 3.8) is 0 Å². The average Bonchev–Trinajstić information content (AvgIpc) is 2.60. The van der Waals surface area contributed by atoms with Crippen molar-refractivity contribution in [1.29, 1.82) is 0 Å². The number of hydrogen-bond donors (Lipinski definition) is 1. The number of carbonyl (C=O) groups excluding carboxylic acids is 1. The maximum atomic E-state index is 12.3.